The first-order valence-electron chi connectivity index (χ1n) is 7.12. The van der Waals surface area contributed by atoms with Crippen LogP contribution in [0.5, 0.6) is 0 Å². The van der Waals surface area contributed by atoms with Crippen LogP contribution in [-0.2, 0) is 4.79 Å². The van der Waals surface area contributed by atoms with Gasteiger partial charge in [-0.25, -0.2) is 0 Å². The molecule has 0 unspecified atom stereocenters. The van der Waals surface area contributed by atoms with Gasteiger partial charge in [0.1, 0.15) is 5.82 Å². The Morgan fingerprint density at radius 2 is 2.00 bits per heavy atom. The second-order valence-electron chi connectivity index (χ2n) is 5.52. The van der Waals surface area contributed by atoms with Gasteiger partial charge in [-0.2, -0.15) is 14.7 Å². The third-order valence-corrected chi connectivity index (χ3v) is 3.46. The summed E-state index contributed by atoms with van der Waals surface area (Å²) in [7, 11) is 0. The molecule has 1 aliphatic rings. The van der Waals surface area contributed by atoms with Crippen LogP contribution >= 0.6 is 0 Å². The molecule has 1 aromatic rings. The Kier molecular flexibility index (Phi) is 4.42. The first-order valence-corrected chi connectivity index (χ1v) is 7.12. The number of aryl methyl sites for hydroxylation is 1. The number of anilines is 1. The third-order valence-electron chi connectivity index (χ3n) is 3.46. The third kappa shape index (κ3) is 3.18. The molecule has 1 saturated heterocycles. The van der Waals surface area contributed by atoms with Crippen molar-refractivity contribution in [1.29, 1.82) is 0 Å². The summed E-state index contributed by atoms with van der Waals surface area (Å²) in [5.74, 6) is 0.286. The molecule has 0 bridgehead atoms. The summed E-state index contributed by atoms with van der Waals surface area (Å²) in [5, 5.41) is 9.94. The Morgan fingerprint density at radius 3 is 2.60 bits per heavy atom. The zero-order valence-corrected chi connectivity index (χ0v) is 12.3. The molecule has 1 aromatic heterocycles. The highest BCUT2D eigenvalue weighted by Gasteiger charge is 2.14. The molecular formula is C14H22N4O2. The quantitative estimate of drug-likeness (QED) is 0.832. The van der Waals surface area contributed by atoms with Crippen molar-refractivity contribution in [3.8, 4) is 0 Å². The van der Waals surface area contributed by atoms with Gasteiger partial charge in [0.2, 0.25) is 0 Å². The van der Waals surface area contributed by atoms with Gasteiger partial charge in [0, 0.05) is 25.1 Å². The van der Waals surface area contributed by atoms with Crippen LogP contribution in [0, 0.1) is 12.8 Å². The van der Waals surface area contributed by atoms with Crippen LogP contribution < -0.4 is 10.5 Å². The molecule has 0 aliphatic carbocycles. The number of piperidine rings is 1. The van der Waals surface area contributed by atoms with Crippen LogP contribution in [0.2, 0.25) is 0 Å². The zero-order chi connectivity index (χ0) is 14.7. The topological polar surface area (TPSA) is 70.7 Å². The van der Waals surface area contributed by atoms with Crippen molar-refractivity contribution in [3.63, 3.8) is 0 Å². The van der Waals surface area contributed by atoms with Crippen molar-refractivity contribution in [1.82, 2.24) is 9.71 Å². The maximum absolute atomic E-state index is 11.7. The summed E-state index contributed by atoms with van der Waals surface area (Å²) >= 11 is 0. The van der Waals surface area contributed by atoms with Gasteiger partial charge in [0.15, 0.2) is 0 Å². The summed E-state index contributed by atoms with van der Waals surface area (Å²) in [4.78, 5) is 22.1. The molecule has 0 saturated carbocycles. The van der Waals surface area contributed by atoms with Gasteiger partial charge in [-0.05, 0) is 26.2 Å². The van der Waals surface area contributed by atoms with Crippen LogP contribution in [0.25, 0.3) is 0 Å². The van der Waals surface area contributed by atoms with Gasteiger partial charge < -0.3 is 10.1 Å². The lowest BCUT2D eigenvalue weighted by molar-refractivity contribution is -0.121. The summed E-state index contributed by atoms with van der Waals surface area (Å²) < 4.78 is 0.869. The zero-order valence-electron chi connectivity index (χ0n) is 12.3. The predicted molar refractivity (Wildman–Crippen MR) is 75.6 cm³/mol. The number of carbonyl (C=O) groups excluding carboxylic acids is 1. The Hall–Kier alpha value is -1.85. The van der Waals surface area contributed by atoms with E-state index in [1.54, 1.807) is 20.8 Å². The van der Waals surface area contributed by atoms with Gasteiger partial charge >= 0.3 is 0 Å². The Bertz CT molecular complexity index is 557. The van der Waals surface area contributed by atoms with Gasteiger partial charge in [-0.1, -0.05) is 13.8 Å². The molecule has 0 spiro atoms. The second-order valence-corrected chi connectivity index (χ2v) is 5.52. The van der Waals surface area contributed by atoms with E-state index in [0.717, 1.165) is 36.5 Å². The molecule has 1 N–H and O–H groups in total. The lowest BCUT2D eigenvalue weighted by atomic mass is 10.1. The summed E-state index contributed by atoms with van der Waals surface area (Å²) in [6, 6.07) is 1.82. The second kappa shape index (κ2) is 6.07. The number of nitrogens with zero attached hydrogens (tertiary/aromatic N) is 4. The van der Waals surface area contributed by atoms with E-state index in [9.17, 15) is 10.0 Å². The molecule has 6 heteroatoms. The number of rotatable bonds is 2. The van der Waals surface area contributed by atoms with Crippen molar-refractivity contribution >= 4 is 11.7 Å². The first-order chi connectivity index (χ1) is 9.49. The monoisotopic (exact) mass is 278 g/mol. The molecule has 0 radical (unpaired) electrons. The van der Waals surface area contributed by atoms with E-state index >= 15 is 0 Å². The highest BCUT2D eigenvalue weighted by atomic mass is 16.5. The minimum atomic E-state index is -0.282. The van der Waals surface area contributed by atoms with Crippen molar-refractivity contribution in [2.75, 3.05) is 18.0 Å². The summed E-state index contributed by atoms with van der Waals surface area (Å²) in [6.07, 6.45) is 3.53. The van der Waals surface area contributed by atoms with E-state index in [2.05, 4.69) is 14.9 Å². The number of aromatic nitrogens is 2. The van der Waals surface area contributed by atoms with E-state index in [1.165, 1.54) is 6.42 Å². The summed E-state index contributed by atoms with van der Waals surface area (Å²) in [6.45, 7) is 7.23. The fraction of sp³-hybridized carbons (Fsp3) is 0.643. The lowest BCUT2D eigenvalue weighted by Gasteiger charge is -2.27. The highest BCUT2D eigenvalue weighted by Crippen LogP contribution is 2.16. The average molecular weight is 278 g/mol. The van der Waals surface area contributed by atoms with Crippen molar-refractivity contribution in [2.24, 2.45) is 10.9 Å². The Balaban J connectivity index is 2.41. The maximum Gasteiger partial charge on any atom is 0.268 e. The van der Waals surface area contributed by atoms with Crippen molar-refractivity contribution in [3.05, 3.63) is 17.4 Å². The smallest absolute Gasteiger partial charge is 0.268 e. The Morgan fingerprint density at radius 1 is 1.35 bits per heavy atom. The predicted octanol–water partition coefficient (Wildman–Crippen LogP) is 1.50. The van der Waals surface area contributed by atoms with Crippen molar-refractivity contribution in [2.45, 2.75) is 40.0 Å². The number of carbonyl (C=O) groups is 1. The van der Waals surface area contributed by atoms with E-state index < -0.39 is 0 Å². The van der Waals surface area contributed by atoms with Crippen LogP contribution in [0.1, 0.15) is 38.8 Å². The fourth-order valence-electron chi connectivity index (χ4n) is 2.17. The molecule has 0 aromatic carbocycles. The highest BCUT2D eigenvalue weighted by molar-refractivity contribution is 5.78. The van der Waals surface area contributed by atoms with Gasteiger partial charge in [-0.3, -0.25) is 4.79 Å². The normalized spacial score (nSPS) is 16.8. The van der Waals surface area contributed by atoms with E-state index in [0.29, 0.717) is 5.69 Å². The lowest BCUT2D eigenvalue weighted by Crippen LogP contribution is -2.34. The molecule has 1 aliphatic heterocycles. The number of amides is 1. The summed E-state index contributed by atoms with van der Waals surface area (Å²) in [5.41, 5.74) is 0.681. The molecule has 1 fully saturated rings. The molecule has 0 atom stereocenters. The van der Waals surface area contributed by atoms with Crippen LogP contribution in [0.3, 0.4) is 0 Å². The number of hydrogen-bond acceptors (Lipinski definition) is 4. The van der Waals surface area contributed by atoms with Gasteiger partial charge in [-0.15, -0.1) is 0 Å². The van der Waals surface area contributed by atoms with Crippen molar-refractivity contribution < 1.29 is 10.0 Å². The molecule has 110 valence electrons. The molecule has 6 nitrogen and oxygen atoms in total. The van der Waals surface area contributed by atoms with E-state index in [-0.39, 0.29) is 17.4 Å². The van der Waals surface area contributed by atoms with E-state index in [4.69, 9.17) is 0 Å². The minimum Gasteiger partial charge on any atom is -0.425 e. The fourth-order valence-corrected chi connectivity index (χ4v) is 2.17. The SMILES string of the molecule is Cc1cc(N2CCCCC2)nc(=NC(=O)C(C)C)n1O. The van der Waals surface area contributed by atoms with Gasteiger partial charge in [0.05, 0.1) is 5.69 Å². The molecular weight excluding hydrogens is 256 g/mol. The number of hydrogen-bond donors (Lipinski definition) is 1. The van der Waals surface area contributed by atoms with Crippen LogP contribution in [-0.4, -0.2) is 33.9 Å². The van der Waals surface area contributed by atoms with Crippen LogP contribution in [0.15, 0.2) is 11.1 Å². The molecule has 20 heavy (non-hydrogen) atoms. The molecule has 2 heterocycles. The largest absolute Gasteiger partial charge is 0.425 e. The first kappa shape index (κ1) is 14.6. The van der Waals surface area contributed by atoms with E-state index in [1.807, 2.05) is 6.07 Å². The van der Waals surface area contributed by atoms with Gasteiger partial charge in [0.25, 0.3) is 11.5 Å². The molecule has 1 amide bonds. The average Bonchev–Trinajstić information content (AvgIpc) is 2.44. The van der Waals surface area contributed by atoms with Crippen LogP contribution in [0.4, 0.5) is 5.82 Å². The minimum absolute atomic E-state index is 0.0595. The maximum atomic E-state index is 11.7. The molecule has 2 rings (SSSR count). The standard InChI is InChI=1S/C14H22N4O2/c1-10(2)13(19)16-14-15-12(9-11(3)18(14)20)17-7-5-4-6-8-17/h9-10,20H,4-8H2,1-3H3. The Labute approximate surface area is 118 Å².